The van der Waals surface area contributed by atoms with Gasteiger partial charge in [0.1, 0.15) is 6.07 Å². The monoisotopic (exact) mass is 296 g/mol. The number of nitrogens with one attached hydrogen (secondary N) is 1. The smallest absolute Gasteiger partial charge is 0.237 e. The third kappa shape index (κ3) is 4.11. The van der Waals surface area contributed by atoms with Crippen molar-refractivity contribution >= 4 is 23.4 Å². The molecule has 4 heteroatoms. The van der Waals surface area contributed by atoms with Gasteiger partial charge in [-0.05, 0) is 38.1 Å². The number of hydrogen-bond acceptors (Lipinski definition) is 3. The number of nitrogens with zero attached hydrogens (tertiary/aromatic N) is 1. The van der Waals surface area contributed by atoms with Crippen LogP contribution in [0.1, 0.15) is 18.1 Å². The molecule has 21 heavy (non-hydrogen) atoms. The molecule has 1 N–H and O–H groups in total. The lowest BCUT2D eigenvalue weighted by Crippen LogP contribution is -2.22. The normalized spacial score (nSPS) is 11.5. The lowest BCUT2D eigenvalue weighted by molar-refractivity contribution is -0.115. The van der Waals surface area contributed by atoms with E-state index < -0.39 is 0 Å². The Morgan fingerprint density at radius 1 is 1.19 bits per heavy atom. The number of rotatable bonds is 4. The lowest BCUT2D eigenvalue weighted by Gasteiger charge is -2.13. The summed E-state index contributed by atoms with van der Waals surface area (Å²) in [6.07, 6.45) is 0. The van der Waals surface area contributed by atoms with Crippen LogP contribution in [0.4, 0.5) is 5.69 Å². The quantitative estimate of drug-likeness (QED) is 0.868. The van der Waals surface area contributed by atoms with Crippen LogP contribution in [0.2, 0.25) is 0 Å². The fourth-order valence-electron chi connectivity index (χ4n) is 1.80. The van der Waals surface area contributed by atoms with Crippen molar-refractivity contribution in [3.05, 3.63) is 59.7 Å². The summed E-state index contributed by atoms with van der Waals surface area (Å²) in [6.45, 7) is 3.89. The molecule has 0 fully saturated rings. The molecule has 0 saturated carbocycles. The van der Waals surface area contributed by atoms with Crippen molar-refractivity contribution in [3.63, 3.8) is 0 Å². The van der Waals surface area contributed by atoms with Crippen LogP contribution >= 0.6 is 11.8 Å². The number of thioether (sulfide) groups is 1. The SMILES string of the molecule is Cc1ccc(SC(C)C(=O)Nc2ccccc2C#N)cc1. The maximum Gasteiger partial charge on any atom is 0.237 e. The largest absolute Gasteiger partial charge is 0.324 e. The van der Waals surface area contributed by atoms with Crippen molar-refractivity contribution < 1.29 is 4.79 Å². The van der Waals surface area contributed by atoms with Gasteiger partial charge < -0.3 is 5.32 Å². The van der Waals surface area contributed by atoms with Gasteiger partial charge in [-0.25, -0.2) is 0 Å². The molecule has 1 unspecified atom stereocenters. The zero-order valence-corrected chi connectivity index (χ0v) is 12.8. The summed E-state index contributed by atoms with van der Waals surface area (Å²) < 4.78 is 0. The highest BCUT2D eigenvalue weighted by atomic mass is 32.2. The number of anilines is 1. The van der Waals surface area contributed by atoms with Gasteiger partial charge in [0.2, 0.25) is 5.91 Å². The van der Waals surface area contributed by atoms with Crippen LogP contribution < -0.4 is 5.32 Å². The highest BCUT2D eigenvalue weighted by molar-refractivity contribution is 8.00. The number of carbonyl (C=O) groups excluding carboxylic acids is 1. The van der Waals surface area contributed by atoms with E-state index in [9.17, 15) is 4.79 Å². The van der Waals surface area contributed by atoms with Gasteiger partial charge in [0.05, 0.1) is 16.5 Å². The van der Waals surface area contributed by atoms with Crippen molar-refractivity contribution in [2.24, 2.45) is 0 Å². The second-order valence-corrected chi connectivity index (χ2v) is 6.13. The first-order valence-electron chi connectivity index (χ1n) is 6.63. The molecule has 0 bridgehead atoms. The average Bonchev–Trinajstić information content (AvgIpc) is 2.50. The first-order chi connectivity index (χ1) is 10.1. The minimum Gasteiger partial charge on any atom is -0.324 e. The molecule has 0 aliphatic rings. The van der Waals surface area contributed by atoms with Gasteiger partial charge in [-0.15, -0.1) is 11.8 Å². The van der Waals surface area contributed by atoms with Gasteiger partial charge >= 0.3 is 0 Å². The highest BCUT2D eigenvalue weighted by Gasteiger charge is 2.15. The Bertz CT molecular complexity index is 674. The van der Waals surface area contributed by atoms with E-state index in [1.54, 1.807) is 24.3 Å². The van der Waals surface area contributed by atoms with Crippen LogP contribution in [0, 0.1) is 18.3 Å². The molecule has 0 aromatic heterocycles. The number of amides is 1. The fraction of sp³-hybridized carbons (Fsp3) is 0.176. The number of benzene rings is 2. The van der Waals surface area contributed by atoms with Crippen LogP contribution in [0.15, 0.2) is 53.4 Å². The van der Waals surface area contributed by atoms with Crippen molar-refractivity contribution in [1.82, 2.24) is 0 Å². The van der Waals surface area contributed by atoms with Gasteiger partial charge in [-0.1, -0.05) is 29.8 Å². The maximum absolute atomic E-state index is 12.2. The van der Waals surface area contributed by atoms with Crippen LogP contribution in [0.3, 0.4) is 0 Å². The summed E-state index contributed by atoms with van der Waals surface area (Å²) in [5, 5.41) is 11.6. The van der Waals surface area contributed by atoms with E-state index in [1.807, 2.05) is 38.1 Å². The predicted molar refractivity (Wildman–Crippen MR) is 86.3 cm³/mol. The van der Waals surface area contributed by atoms with E-state index >= 15 is 0 Å². The average molecular weight is 296 g/mol. The molecule has 0 saturated heterocycles. The number of hydrogen-bond donors (Lipinski definition) is 1. The Labute approximate surface area is 129 Å². The van der Waals surface area contributed by atoms with E-state index in [2.05, 4.69) is 11.4 Å². The Hall–Kier alpha value is -2.25. The second kappa shape index (κ2) is 6.96. The zero-order valence-electron chi connectivity index (χ0n) is 12.0. The molecule has 2 aromatic carbocycles. The molecule has 3 nitrogen and oxygen atoms in total. The minimum atomic E-state index is -0.237. The molecular formula is C17H16N2OS. The summed E-state index contributed by atoms with van der Waals surface area (Å²) in [7, 11) is 0. The molecule has 2 rings (SSSR count). The number of aryl methyl sites for hydroxylation is 1. The van der Waals surface area contributed by atoms with E-state index in [-0.39, 0.29) is 11.2 Å². The molecule has 106 valence electrons. The second-order valence-electron chi connectivity index (χ2n) is 4.72. The molecule has 0 aliphatic carbocycles. The van der Waals surface area contributed by atoms with Gasteiger partial charge in [0, 0.05) is 4.90 Å². The molecule has 2 aromatic rings. The van der Waals surface area contributed by atoms with Crippen molar-refractivity contribution in [1.29, 1.82) is 5.26 Å². The first-order valence-corrected chi connectivity index (χ1v) is 7.51. The van der Waals surface area contributed by atoms with Crippen LogP contribution in [0.5, 0.6) is 0 Å². The Kier molecular flexibility index (Phi) is 5.02. The summed E-state index contributed by atoms with van der Waals surface area (Å²) in [4.78, 5) is 13.3. The Morgan fingerprint density at radius 2 is 1.86 bits per heavy atom. The summed E-state index contributed by atoms with van der Waals surface area (Å²) >= 11 is 1.50. The van der Waals surface area contributed by atoms with Crippen molar-refractivity contribution in [3.8, 4) is 6.07 Å². The number of carbonyl (C=O) groups is 1. The summed E-state index contributed by atoms with van der Waals surface area (Å²) in [5.41, 5.74) is 2.22. The van der Waals surface area contributed by atoms with Crippen LogP contribution in [-0.2, 0) is 4.79 Å². The van der Waals surface area contributed by atoms with E-state index in [4.69, 9.17) is 5.26 Å². The molecule has 0 aliphatic heterocycles. The van der Waals surface area contributed by atoms with Crippen molar-refractivity contribution in [2.75, 3.05) is 5.32 Å². The fourth-order valence-corrected chi connectivity index (χ4v) is 2.67. The van der Waals surface area contributed by atoms with Gasteiger partial charge in [-0.3, -0.25) is 4.79 Å². The third-order valence-corrected chi connectivity index (χ3v) is 4.12. The van der Waals surface area contributed by atoms with E-state index in [0.717, 1.165) is 4.90 Å². The van der Waals surface area contributed by atoms with Gasteiger partial charge in [0.15, 0.2) is 0 Å². The third-order valence-electron chi connectivity index (χ3n) is 3.01. The number of nitriles is 1. The van der Waals surface area contributed by atoms with E-state index in [0.29, 0.717) is 11.3 Å². The molecule has 1 amide bonds. The van der Waals surface area contributed by atoms with E-state index in [1.165, 1.54) is 17.3 Å². The van der Waals surface area contributed by atoms with Gasteiger partial charge in [-0.2, -0.15) is 5.26 Å². The topological polar surface area (TPSA) is 52.9 Å². The molecule has 1 atom stereocenters. The number of para-hydroxylation sites is 1. The zero-order chi connectivity index (χ0) is 15.2. The predicted octanol–water partition coefficient (Wildman–Crippen LogP) is 3.99. The maximum atomic E-state index is 12.2. The lowest BCUT2D eigenvalue weighted by atomic mass is 10.2. The summed E-state index contributed by atoms with van der Waals surface area (Å²) in [6, 6.07) is 17.1. The first kappa shape index (κ1) is 15.1. The standard InChI is InChI=1S/C17H16N2OS/c1-12-7-9-15(10-8-12)21-13(2)17(20)19-16-6-4-3-5-14(16)11-18/h3-10,13H,1-2H3,(H,19,20). The Balaban J connectivity index is 2.03. The minimum absolute atomic E-state index is 0.108. The van der Waals surface area contributed by atoms with Crippen molar-refractivity contribution in [2.45, 2.75) is 24.0 Å². The van der Waals surface area contributed by atoms with Crippen LogP contribution in [-0.4, -0.2) is 11.2 Å². The molecule has 0 heterocycles. The molecule has 0 spiro atoms. The Morgan fingerprint density at radius 3 is 2.52 bits per heavy atom. The van der Waals surface area contributed by atoms with Crippen LogP contribution in [0.25, 0.3) is 0 Å². The molecule has 0 radical (unpaired) electrons. The summed E-state index contributed by atoms with van der Waals surface area (Å²) in [5.74, 6) is -0.108. The highest BCUT2D eigenvalue weighted by Crippen LogP contribution is 2.25. The van der Waals surface area contributed by atoms with Gasteiger partial charge in [0.25, 0.3) is 0 Å². The molecular weight excluding hydrogens is 280 g/mol.